The highest BCUT2D eigenvalue weighted by atomic mass is 35.5. The van der Waals surface area contributed by atoms with Crippen LogP contribution in [0.1, 0.15) is 45.6 Å². The molecule has 1 aromatic carbocycles. The first kappa shape index (κ1) is 20.8. The number of hydrogen-bond donors (Lipinski definition) is 1. The van der Waals surface area contributed by atoms with Gasteiger partial charge in [-0.15, -0.1) is 0 Å². The maximum absolute atomic E-state index is 12.4. The lowest BCUT2D eigenvalue weighted by Crippen LogP contribution is -2.38. The predicted octanol–water partition coefficient (Wildman–Crippen LogP) is 4.47. The smallest absolute Gasteiger partial charge is 0.410 e. The van der Waals surface area contributed by atoms with Crippen LogP contribution in [0.5, 0.6) is 0 Å². The van der Waals surface area contributed by atoms with E-state index in [1.54, 1.807) is 23.1 Å². The van der Waals surface area contributed by atoms with E-state index < -0.39 is 5.60 Å². The highest BCUT2D eigenvalue weighted by molar-refractivity contribution is 6.36. The fourth-order valence-corrected chi connectivity index (χ4v) is 3.72. The van der Waals surface area contributed by atoms with Crippen molar-refractivity contribution in [3.8, 4) is 0 Å². The molecule has 0 aliphatic carbocycles. The summed E-state index contributed by atoms with van der Waals surface area (Å²) in [6, 6.07) is 5.37. The molecule has 0 spiro atoms. The van der Waals surface area contributed by atoms with Gasteiger partial charge in [-0.2, -0.15) is 0 Å². The zero-order valence-corrected chi connectivity index (χ0v) is 17.2. The quantitative estimate of drug-likeness (QED) is 0.810. The molecule has 1 aliphatic rings. The lowest BCUT2D eigenvalue weighted by Gasteiger charge is -2.24. The Morgan fingerprint density at radius 1 is 1.31 bits per heavy atom. The van der Waals surface area contributed by atoms with Gasteiger partial charge in [0.15, 0.2) is 0 Å². The third-order valence-corrected chi connectivity index (χ3v) is 4.94. The number of halogens is 2. The van der Waals surface area contributed by atoms with E-state index in [0.29, 0.717) is 36.1 Å². The standard InChI is InChI=1S/C19H26Cl2N2O3/c1-12(16-14(20)6-5-7-15(16)21)10-22-17(24)13-8-9-23(11-13)18(25)26-19(2,3)4/h5-7,12-13H,8-11H2,1-4H3,(H,22,24). The van der Waals surface area contributed by atoms with Gasteiger partial charge in [-0.25, -0.2) is 4.79 Å². The highest BCUT2D eigenvalue weighted by Gasteiger charge is 2.33. The van der Waals surface area contributed by atoms with E-state index in [1.165, 1.54) is 0 Å². The molecule has 1 aliphatic heterocycles. The van der Waals surface area contributed by atoms with E-state index in [4.69, 9.17) is 27.9 Å². The SMILES string of the molecule is CC(CNC(=O)C1CCN(C(=O)OC(C)(C)C)C1)c1c(Cl)cccc1Cl. The lowest BCUT2D eigenvalue weighted by molar-refractivity contribution is -0.124. The number of carbonyl (C=O) groups is 2. The third-order valence-electron chi connectivity index (χ3n) is 4.29. The van der Waals surface area contributed by atoms with Gasteiger partial charge < -0.3 is 15.0 Å². The van der Waals surface area contributed by atoms with Crippen LogP contribution >= 0.6 is 23.2 Å². The Morgan fingerprint density at radius 3 is 2.50 bits per heavy atom. The van der Waals surface area contributed by atoms with E-state index in [0.717, 1.165) is 5.56 Å². The molecule has 1 fully saturated rings. The molecule has 2 unspecified atom stereocenters. The van der Waals surface area contributed by atoms with Crippen LogP contribution in [0.4, 0.5) is 4.79 Å². The predicted molar refractivity (Wildman–Crippen MR) is 104 cm³/mol. The van der Waals surface area contributed by atoms with Gasteiger partial charge in [0.1, 0.15) is 5.60 Å². The van der Waals surface area contributed by atoms with Gasteiger partial charge in [-0.3, -0.25) is 4.79 Å². The highest BCUT2D eigenvalue weighted by Crippen LogP contribution is 2.31. The first-order chi connectivity index (χ1) is 12.1. The largest absolute Gasteiger partial charge is 0.444 e. The first-order valence-electron chi connectivity index (χ1n) is 8.78. The summed E-state index contributed by atoms with van der Waals surface area (Å²) in [7, 11) is 0. The molecule has 0 radical (unpaired) electrons. The summed E-state index contributed by atoms with van der Waals surface area (Å²) in [5.41, 5.74) is 0.291. The van der Waals surface area contributed by atoms with Crippen LogP contribution in [0.25, 0.3) is 0 Å². The summed E-state index contributed by atoms with van der Waals surface area (Å²) < 4.78 is 5.36. The Hall–Kier alpha value is -1.46. The van der Waals surface area contributed by atoms with Gasteiger partial charge in [0.2, 0.25) is 5.91 Å². The minimum Gasteiger partial charge on any atom is -0.444 e. The fraction of sp³-hybridized carbons (Fsp3) is 0.579. The number of hydrogen-bond acceptors (Lipinski definition) is 3. The second-order valence-corrected chi connectivity index (χ2v) is 8.51. The number of benzene rings is 1. The molecular formula is C19H26Cl2N2O3. The van der Waals surface area contributed by atoms with Crippen LogP contribution in [0.3, 0.4) is 0 Å². The van der Waals surface area contributed by atoms with Gasteiger partial charge in [0.05, 0.1) is 5.92 Å². The van der Waals surface area contributed by atoms with Crippen molar-refractivity contribution in [2.75, 3.05) is 19.6 Å². The molecule has 1 heterocycles. The third kappa shape index (κ3) is 5.52. The van der Waals surface area contributed by atoms with Crippen LogP contribution in [-0.4, -0.2) is 42.1 Å². The number of amides is 2. The molecule has 7 heteroatoms. The van der Waals surface area contributed by atoms with Crippen molar-refractivity contribution in [3.05, 3.63) is 33.8 Å². The summed E-state index contributed by atoms with van der Waals surface area (Å²) in [6.45, 7) is 8.78. The lowest BCUT2D eigenvalue weighted by atomic mass is 10.0. The van der Waals surface area contributed by atoms with Crippen molar-refractivity contribution in [3.63, 3.8) is 0 Å². The summed E-state index contributed by atoms with van der Waals surface area (Å²) in [6.07, 6.45) is 0.260. The second-order valence-electron chi connectivity index (χ2n) is 7.69. The van der Waals surface area contributed by atoms with Crippen LogP contribution in [-0.2, 0) is 9.53 Å². The van der Waals surface area contributed by atoms with Crippen molar-refractivity contribution in [1.29, 1.82) is 0 Å². The molecule has 2 atom stereocenters. The van der Waals surface area contributed by atoms with E-state index in [-0.39, 0.29) is 23.8 Å². The maximum atomic E-state index is 12.4. The van der Waals surface area contributed by atoms with Gasteiger partial charge in [0.25, 0.3) is 0 Å². The van der Waals surface area contributed by atoms with Crippen molar-refractivity contribution < 1.29 is 14.3 Å². The summed E-state index contributed by atoms with van der Waals surface area (Å²) in [5.74, 6) is -0.300. The van der Waals surface area contributed by atoms with Crippen LogP contribution in [0.2, 0.25) is 10.0 Å². The van der Waals surface area contributed by atoms with Crippen molar-refractivity contribution in [1.82, 2.24) is 10.2 Å². The van der Waals surface area contributed by atoms with Crippen molar-refractivity contribution in [2.45, 2.75) is 45.6 Å². The monoisotopic (exact) mass is 400 g/mol. The Bertz CT molecular complexity index is 653. The molecular weight excluding hydrogens is 375 g/mol. The minimum absolute atomic E-state index is 0.0106. The number of likely N-dealkylation sites (tertiary alicyclic amines) is 1. The molecule has 144 valence electrons. The molecule has 26 heavy (non-hydrogen) atoms. The van der Waals surface area contributed by atoms with Crippen LogP contribution < -0.4 is 5.32 Å². The normalized spacial score (nSPS) is 18.5. The zero-order chi connectivity index (χ0) is 19.5. The molecule has 5 nitrogen and oxygen atoms in total. The molecule has 2 amide bonds. The van der Waals surface area contributed by atoms with Gasteiger partial charge in [0, 0.05) is 35.6 Å². The van der Waals surface area contributed by atoms with Gasteiger partial charge >= 0.3 is 6.09 Å². The maximum Gasteiger partial charge on any atom is 0.410 e. The molecule has 2 rings (SSSR count). The summed E-state index contributed by atoms with van der Waals surface area (Å²) in [5, 5.41) is 4.14. The average Bonchev–Trinajstić information content (AvgIpc) is 3.01. The number of carbonyl (C=O) groups excluding carboxylic acids is 2. The molecule has 0 saturated carbocycles. The van der Waals surface area contributed by atoms with Crippen molar-refractivity contribution >= 4 is 35.2 Å². The van der Waals surface area contributed by atoms with Gasteiger partial charge in [-0.1, -0.05) is 36.2 Å². The fourth-order valence-electron chi connectivity index (χ4n) is 2.95. The number of nitrogens with zero attached hydrogens (tertiary/aromatic N) is 1. The van der Waals surface area contributed by atoms with Crippen molar-refractivity contribution in [2.24, 2.45) is 5.92 Å². The molecule has 1 N–H and O–H groups in total. The van der Waals surface area contributed by atoms with E-state index in [1.807, 2.05) is 27.7 Å². The van der Waals surface area contributed by atoms with Crippen LogP contribution in [0.15, 0.2) is 18.2 Å². The van der Waals surface area contributed by atoms with E-state index in [2.05, 4.69) is 5.32 Å². The topological polar surface area (TPSA) is 58.6 Å². The molecule has 1 aromatic rings. The average molecular weight is 401 g/mol. The summed E-state index contributed by atoms with van der Waals surface area (Å²) in [4.78, 5) is 26.1. The molecule has 0 aromatic heterocycles. The number of ether oxygens (including phenoxy) is 1. The Labute approximate surface area is 165 Å². The Morgan fingerprint density at radius 2 is 1.92 bits per heavy atom. The zero-order valence-electron chi connectivity index (χ0n) is 15.6. The number of rotatable bonds is 4. The second kappa shape index (κ2) is 8.49. The first-order valence-corrected chi connectivity index (χ1v) is 9.53. The Balaban J connectivity index is 1.86. The molecule has 1 saturated heterocycles. The summed E-state index contributed by atoms with van der Waals surface area (Å²) >= 11 is 12.4. The Kier molecular flexibility index (Phi) is 6.80. The van der Waals surface area contributed by atoms with E-state index >= 15 is 0 Å². The van der Waals surface area contributed by atoms with E-state index in [9.17, 15) is 9.59 Å². The van der Waals surface area contributed by atoms with Crippen LogP contribution in [0, 0.1) is 5.92 Å². The minimum atomic E-state index is -0.541. The van der Waals surface area contributed by atoms with Gasteiger partial charge in [-0.05, 0) is 44.9 Å². The number of nitrogens with one attached hydrogen (secondary N) is 1. The molecule has 0 bridgehead atoms.